The number of rotatable bonds is 8. The van der Waals surface area contributed by atoms with E-state index in [0.717, 1.165) is 16.8 Å². The van der Waals surface area contributed by atoms with Crippen LogP contribution in [0.5, 0.6) is 17.4 Å². The molecule has 7 heteroatoms. The first kappa shape index (κ1) is 22.6. The van der Waals surface area contributed by atoms with Crippen LogP contribution in [0.3, 0.4) is 0 Å². The summed E-state index contributed by atoms with van der Waals surface area (Å²) in [4.78, 5) is 15.9. The first-order valence-corrected chi connectivity index (χ1v) is 11.6. The highest BCUT2D eigenvalue weighted by Gasteiger charge is 2.27. The first-order chi connectivity index (χ1) is 16.0. The van der Waals surface area contributed by atoms with Crippen LogP contribution in [0.15, 0.2) is 72.1 Å². The van der Waals surface area contributed by atoms with E-state index < -0.39 is 0 Å². The number of para-hydroxylation sites is 2. The molecule has 33 heavy (non-hydrogen) atoms. The van der Waals surface area contributed by atoms with E-state index in [1.807, 2.05) is 97.9 Å². The maximum absolute atomic E-state index is 13.3. The summed E-state index contributed by atoms with van der Waals surface area (Å²) in [6.07, 6.45) is 0. The summed E-state index contributed by atoms with van der Waals surface area (Å²) in [5.74, 6) is 1.78. The Morgan fingerprint density at radius 1 is 1.03 bits per heavy atom. The van der Waals surface area contributed by atoms with Crippen molar-refractivity contribution in [2.24, 2.45) is 7.05 Å². The number of amides is 1. The molecule has 0 N–H and O–H groups in total. The molecule has 0 fully saturated rings. The molecule has 0 spiro atoms. The lowest BCUT2D eigenvalue weighted by atomic mass is 10.1. The van der Waals surface area contributed by atoms with Crippen molar-refractivity contribution in [2.75, 3.05) is 7.11 Å². The van der Waals surface area contributed by atoms with Crippen molar-refractivity contribution in [2.45, 2.75) is 26.4 Å². The predicted octanol–water partition coefficient (Wildman–Crippen LogP) is 6.00. The van der Waals surface area contributed by atoms with Crippen molar-refractivity contribution in [3.63, 3.8) is 0 Å². The number of carbonyl (C=O) groups excluding carboxylic acids is 1. The maximum atomic E-state index is 13.3. The summed E-state index contributed by atoms with van der Waals surface area (Å²) < 4.78 is 13.6. The topological polar surface area (TPSA) is 56.6 Å². The Balaban J connectivity index is 1.81. The highest BCUT2D eigenvalue weighted by atomic mass is 32.1. The fourth-order valence-electron chi connectivity index (χ4n) is 3.66. The fraction of sp³-hybridized carbons (Fsp3) is 0.231. The molecular formula is C26H27N3O3S. The molecule has 0 saturated carbocycles. The van der Waals surface area contributed by atoms with Crippen molar-refractivity contribution in [1.29, 1.82) is 0 Å². The molecule has 0 aliphatic rings. The Hall–Kier alpha value is -3.58. The van der Waals surface area contributed by atoms with Crippen LogP contribution in [0, 0.1) is 0 Å². The number of hydrogen-bond donors (Lipinski definition) is 0. The number of thiophene rings is 1. The van der Waals surface area contributed by atoms with Gasteiger partial charge in [0.2, 0.25) is 5.88 Å². The largest absolute Gasteiger partial charge is 0.493 e. The summed E-state index contributed by atoms with van der Waals surface area (Å²) in [5, 5.41) is 6.70. The predicted molar refractivity (Wildman–Crippen MR) is 131 cm³/mol. The lowest BCUT2D eigenvalue weighted by Gasteiger charge is -2.27. The van der Waals surface area contributed by atoms with Crippen LogP contribution < -0.4 is 9.47 Å². The summed E-state index contributed by atoms with van der Waals surface area (Å²) in [7, 11) is 3.46. The van der Waals surface area contributed by atoms with Gasteiger partial charge in [-0.1, -0.05) is 48.5 Å². The molecule has 0 aliphatic carbocycles. The second-order valence-corrected chi connectivity index (χ2v) is 8.83. The normalized spacial score (nSPS) is 10.9. The van der Waals surface area contributed by atoms with E-state index in [4.69, 9.17) is 14.6 Å². The number of nitrogens with zero attached hydrogens (tertiary/aromatic N) is 3. The van der Waals surface area contributed by atoms with Crippen LogP contribution in [0.2, 0.25) is 0 Å². The molecule has 0 aliphatic heterocycles. The third-order valence-electron chi connectivity index (χ3n) is 5.36. The quantitative estimate of drug-likeness (QED) is 0.323. The van der Waals surface area contributed by atoms with Crippen LogP contribution in [0.1, 0.15) is 29.1 Å². The second-order valence-electron chi connectivity index (χ2n) is 7.88. The van der Waals surface area contributed by atoms with E-state index in [1.165, 1.54) is 11.3 Å². The van der Waals surface area contributed by atoms with Gasteiger partial charge < -0.3 is 14.4 Å². The number of benzene rings is 2. The van der Waals surface area contributed by atoms with E-state index in [2.05, 4.69) is 0 Å². The third kappa shape index (κ3) is 4.78. The van der Waals surface area contributed by atoms with Gasteiger partial charge in [0, 0.05) is 18.7 Å². The standard InChI is InChI=1S/C26H27N3O3S/c1-18(2)29(25(30)23-15-10-16-33-23)17-20-24(19-11-6-5-7-12-19)27-28(3)26(20)32-22-14-9-8-13-21(22)31-4/h5-16,18H,17H2,1-4H3. The number of carbonyl (C=O) groups is 1. The average molecular weight is 462 g/mol. The van der Waals surface area contributed by atoms with Crippen LogP contribution in [-0.2, 0) is 13.6 Å². The number of aryl methyl sites for hydroxylation is 1. The number of aromatic nitrogens is 2. The Morgan fingerprint density at radius 3 is 2.36 bits per heavy atom. The summed E-state index contributed by atoms with van der Waals surface area (Å²) in [5.41, 5.74) is 2.59. The van der Waals surface area contributed by atoms with Crippen LogP contribution in [0.4, 0.5) is 0 Å². The van der Waals surface area contributed by atoms with Gasteiger partial charge in [0.15, 0.2) is 11.5 Å². The van der Waals surface area contributed by atoms with Crippen LogP contribution in [0.25, 0.3) is 11.3 Å². The van der Waals surface area contributed by atoms with E-state index >= 15 is 0 Å². The van der Waals surface area contributed by atoms with Crippen molar-refractivity contribution in [3.8, 4) is 28.6 Å². The molecule has 4 aromatic rings. The molecule has 0 unspecified atom stereocenters. The van der Waals surface area contributed by atoms with Gasteiger partial charge in [-0.2, -0.15) is 5.10 Å². The van der Waals surface area contributed by atoms with Gasteiger partial charge in [-0.3, -0.25) is 4.79 Å². The summed E-state index contributed by atoms with van der Waals surface area (Å²) >= 11 is 1.45. The lowest BCUT2D eigenvalue weighted by molar-refractivity contribution is 0.0694. The average Bonchev–Trinajstić information content (AvgIpc) is 3.47. The molecule has 0 radical (unpaired) electrons. The molecule has 2 aromatic carbocycles. The van der Waals surface area contributed by atoms with Gasteiger partial charge >= 0.3 is 0 Å². The molecule has 0 saturated heterocycles. The highest BCUT2D eigenvalue weighted by molar-refractivity contribution is 7.12. The van der Waals surface area contributed by atoms with Gasteiger partial charge in [-0.25, -0.2) is 4.68 Å². The summed E-state index contributed by atoms with van der Waals surface area (Å²) in [6.45, 7) is 4.40. The van der Waals surface area contributed by atoms with E-state index in [0.29, 0.717) is 28.8 Å². The van der Waals surface area contributed by atoms with Gasteiger partial charge in [0.25, 0.3) is 5.91 Å². The van der Waals surface area contributed by atoms with Crippen molar-refractivity contribution in [1.82, 2.24) is 14.7 Å². The number of methoxy groups -OCH3 is 1. The zero-order valence-electron chi connectivity index (χ0n) is 19.2. The maximum Gasteiger partial charge on any atom is 0.264 e. The molecule has 4 rings (SSSR count). The summed E-state index contributed by atoms with van der Waals surface area (Å²) in [6, 6.07) is 21.2. The van der Waals surface area contributed by atoms with Crippen molar-refractivity contribution < 1.29 is 14.3 Å². The molecule has 170 valence electrons. The zero-order valence-corrected chi connectivity index (χ0v) is 20.0. The monoisotopic (exact) mass is 461 g/mol. The fourth-order valence-corrected chi connectivity index (χ4v) is 4.34. The van der Waals surface area contributed by atoms with Crippen molar-refractivity contribution >= 4 is 17.2 Å². The molecule has 2 aromatic heterocycles. The number of ether oxygens (including phenoxy) is 2. The van der Waals surface area contributed by atoms with E-state index in [-0.39, 0.29) is 11.9 Å². The Kier molecular flexibility index (Phi) is 6.79. The van der Waals surface area contributed by atoms with E-state index in [9.17, 15) is 4.79 Å². The smallest absolute Gasteiger partial charge is 0.264 e. The van der Waals surface area contributed by atoms with Gasteiger partial charge in [-0.05, 0) is 37.4 Å². The minimum absolute atomic E-state index is 0.00823. The third-order valence-corrected chi connectivity index (χ3v) is 6.21. The second kappa shape index (κ2) is 9.92. The minimum Gasteiger partial charge on any atom is -0.493 e. The lowest BCUT2D eigenvalue weighted by Crippen LogP contribution is -2.36. The molecule has 2 heterocycles. The Morgan fingerprint density at radius 2 is 1.73 bits per heavy atom. The first-order valence-electron chi connectivity index (χ1n) is 10.8. The van der Waals surface area contributed by atoms with Gasteiger partial charge in [0.05, 0.1) is 24.1 Å². The molecule has 0 bridgehead atoms. The SMILES string of the molecule is COc1ccccc1Oc1c(CN(C(=O)c2cccs2)C(C)C)c(-c2ccccc2)nn1C. The zero-order chi connectivity index (χ0) is 23.4. The molecular weight excluding hydrogens is 434 g/mol. The van der Waals surface area contributed by atoms with Crippen LogP contribution >= 0.6 is 11.3 Å². The van der Waals surface area contributed by atoms with Gasteiger partial charge in [0.1, 0.15) is 5.69 Å². The molecule has 6 nitrogen and oxygen atoms in total. The molecule has 0 atom stereocenters. The minimum atomic E-state index is -0.0115. The van der Waals surface area contributed by atoms with Gasteiger partial charge in [-0.15, -0.1) is 11.3 Å². The van der Waals surface area contributed by atoms with Crippen molar-refractivity contribution in [3.05, 3.63) is 82.6 Å². The van der Waals surface area contributed by atoms with Crippen LogP contribution in [-0.4, -0.2) is 33.7 Å². The Bertz CT molecular complexity index is 1220. The Labute approximate surface area is 198 Å². The molecule has 1 amide bonds. The highest BCUT2D eigenvalue weighted by Crippen LogP contribution is 2.37. The van der Waals surface area contributed by atoms with E-state index in [1.54, 1.807) is 11.8 Å². The number of hydrogen-bond acceptors (Lipinski definition) is 5.